The van der Waals surface area contributed by atoms with Gasteiger partial charge in [-0.25, -0.2) is 4.99 Å². The second-order valence-electron chi connectivity index (χ2n) is 5.06. The lowest BCUT2D eigenvalue weighted by Gasteiger charge is -2.22. The maximum atomic E-state index is 12.8. The number of amidine groups is 1. The van der Waals surface area contributed by atoms with Crippen molar-refractivity contribution in [1.82, 2.24) is 0 Å². The van der Waals surface area contributed by atoms with Gasteiger partial charge in [-0.1, -0.05) is 30.0 Å². The summed E-state index contributed by atoms with van der Waals surface area (Å²) < 4.78 is 0. The molecule has 1 aliphatic heterocycles. The molecule has 1 heterocycles. The van der Waals surface area contributed by atoms with Crippen molar-refractivity contribution in [2.75, 3.05) is 10.7 Å². The highest BCUT2D eigenvalue weighted by Gasteiger charge is 2.44. The lowest BCUT2D eigenvalue weighted by atomic mass is 9.96. The maximum Gasteiger partial charge on any atom is 0.260 e. The predicted molar refractivity (Wildman–Crippen MR) is 87.3 cm³/mol. The van der Waals surface area contributed by atoms with Gasteiger partial charge in [0.2, 0.25) is 0 Å². The van der Waals surface area contributed by atoms with E-state index in [1.165, 1.54) is 11.8 Å². The van der Waals surface area contributed by atoms with E-state index in [-0.39, 0.29) is 12.3 Å². The molecular formula is C16H16N4OS. The Morgan fingerprint density at radius 2 is 1.91 bits per heavy atom. The first kappa shape index (κ1) is 16.1. The number of amides is 1. The highest BCUT2D eigenvalue weighted by atomic mass is 32.2. The van der Waals surface area contributed by atoms with Crippen LogP contribution in [0.4, 0.5) is 5.69 Å². The van der Waals surface area contributed by atoms with Crippen LogP contribution in [0, 0.1) is 22.7 Å². The van der Waals surface area contributed by atoms with Gasteiger partial charge in [0.15, 0.2) is 5.17 Å². The minimum absolute atomic E-state index is 0.117. The van der Waals surface area contributed by atoms with Gasteiger partial charge in [-0.2, -0.15) is 10.5 Å². The first-order valence-electron chi connectivity index (χ1n) is 6.98. The van der Waals surface area contributed by atoms with Gasteiger partial charge in [0, 0.05) is 18.6 Å². The highest BCUT2D eigenvalue weighted by Crippen LogP contribution is 2.34. The van der Waals surface area contributed by atoms with Gasteiger partial charge < -0.3 is 0 Å². The Labute approximate surface area is 134 Å². The summed E-state index contributed by atoms with van der Waals surface area (Å²) in [7, 11) is 0. The van der Waals surface area contributed by atoms with Crippen molar-refractivity contribution in [2.45, 2.75) is 31.7 Å². The Kier molecular flexibility index (Phi) is 5.19. The normalized spacial score (nSPS) is 20.4. The van der Waals surface area contributed by atoms with Crippen LogP contribution in [-0.2, 0) is 4.79 Å². The van der Waals surface area contributed by atoms with Gasteiger partial charge in [-0.3, -0.25) is 9.69 Å². The summed E-state index contributed by atoms with van der Waals surface area (Å²) >= 11 is 1.40. The van der Waals surface area contributed by atoms with E-state index >= 15 is 0 Å². The van der Waals surface area contributed by atoms with Gasteiger partial charge in [0.1, 0.15) is 5.54 Å². The number of carbonyl (C=O) groups excluding carboxylic acids is 1. The lowest BCUT2D eigenvalue weighted by molar-refractivity contribution is -0.121. The van der Waals surface area contributed by atoms with E-state index in [9.17, 15) is 4.79 Å². The summed E-state index contributed by atoms with van der Waals surface area (Å²) in [6.07, 6.45) is 1.08. The Hall–Kier alpha value is -2.31. The fourth-order valence-electron chi connectivity index (χ4n) is 2.19. The van der Waals surface area contributed by atoms with E-state index in [4.69, 9.17) is 10.5 Å². The molecule has 0 fully saturated rings. The van der Waals surface area contributed by atoms with Crippen molar-refractivity contribution in [1.29, 1.82) is 10.5 Å². The van der Waals surface area contributed by atoms with Crippen molar-refractivity contribution < 1.29 is 4.79 Å². The molecule has 1 aromatic carbocycles. The average Bonchev–Trinajstić information content (AvgIpc) is 2.78. The van der Waals surface area contributed by atoms with Crippen LogP contribution in [0.2, 0.25) is 0 Å². The van der Waals surface area contributed by atoms with Crippen molar-refractivity contribution in [3.63, 3.8) is 0 Å². The minimum atomic E-state index is -0.902. The molecule has 0 aliphatic carbocycles. The number of thioether (sulfide) groups is 1. The summed E-state index contributed by atoms with van der Waals surface area (Å²) in [5.74, 6) is 0.466. The average molecular weight is 312 g/mol. The Morgan fingerprint density at radius 1 is 1.23 bits per heavy atom. The van der Waals surface area contributed by atoms with Crippen molar-refractivity contribution in [3.05, 3.63) is 30.3 Å². The number of anilines is 1. The second kappa shape index (κ2) is 7.11. The molecule has 0 saturated heterocycles. The number of nitriles is 2. The smallest absolute Gasteiger partial charge is 0.260 e. The number of carbonyl (C=O) groups is 1. The minimum Gasteiger partial charge on any atom is -0.271 e. The summed E-state index contributed by atoms with van der Waals surface area (Å²) in [4.78, 5) is 19.0. The molecule has 0 spiro atoms. The van der Waals surface area contributed by atoms with Crippen molar-refractivity contribution in [2.24, 2.45) is 4.99 Å². The Bertz CT molecular complexity index is 659. The zero-order valence-corrected chi connectivity index (χ0v) is 13.1. The summed E-state index contributed by atoms with van der Waals surface area (Å²) in [5.41, 5.74) is -0.142. The molecule has 1 aromatic rings. The molecule has 1 amide bonds. The van der Waals surface area contributed by atoms with Gasteiger partial charge in [0.25, 0.3) is 5.91 Å². The monoisotopic (exact) mass is 312 g/mol. The molecule has 0 radical (unpaired) electrons. The van der Waals surface area contributed by atoms with E-state index in [1.54, 1.807) is 11.8 Å². The number of aliphatic imine (C=N–C) groups is 1. The standard InChI is InChI=1S/C16H16N4OS/c1-16(9-5-10-17)14(21)20(13-7-3-2-4-8-13)15(19-16)22-12-6-11-18/h2-4,7-8H,5-6,9,12H2,1H3/t16-/m0/s1. The Morgan fingerprint density at radius 3 is 2.55 bits per heavy atom. The quantitative estimate of drug-likeness (QED) is 0.782. The number of para-hydroxylation sites is 1. The van der Waals surface area contributed by atoms with Crippen LogP contribution in [0.25, 0.3) is 0 Å². The first-order chi connectivity index (χ1) is 10.6. The van der Waals surface area contributed by atoms with Gasteiger partial charge in [-0.05, 0) is 25.5 Å². The van der Waals surface area contributed by atoms with Crippen LogP contribution in [0.15, 0.2) is 35.3 Å². The highest BCUT2D eigenvalue weighted by molar-refractivity contribution is 8.14. The molecule has 112 valence electrons. The third kappa shape index (κ3) is 3.29. The van der Waals surface area contributed by atoms with Gasteiger partial charge in [0.05, 0.1) is 17.8 Å². The molecule has 0 bridgehead atoms. The van der Waals surface area contributed by atoms with E-state index in [0.717, 1.165) is 5.69 Å². The number of hydrogen-bond acceptors (Lipinski definition) is 5. The number of nitrogens with zero attached hydrogens (tertiary/aromatic N) is 4. The van der Waals surface area contributed by atoms with Crippen molar-refractivity contribution >= 4 is 28.5 Å². The topological polar surface area (TPSA) is 80.2 Å². The lowest BCUT2D eigenvalue weighted by Crippen LogP contribution is -2.40. The van der Waals surface area contributed by atoms with Crippen LogP contribution >= 0.6 is 11.8 Å². The molecular weight excluding hydrogens is 296 g/mol. The zero-order valence-electron chi connectivity index (χ0n) is 12.3. The molecule has 1 aliphatic rings. The van der Waals surface area contributed by atoms with Gasteiger partial charge >= 0.3 is 0 Å². The van der Waals surface area contributed by atoms with E-state index < -0.39 is 5.54 Å². The Balaban J connectivity index is 2.30. The molecule has 2 rings (SSSR count). The zero-order chi connectivity index (χ0) is 16.0. The number of rotatable bonds is 5. The first-order valence-corrected chi connectivity index (χ1v) is 7.97. The van der Waals surface area contributed by atoms with E-state index in [1.807, 2.05) is 30.3 Å². The summed E-state index contributed by atoms with van der Waals surface area (Å²) in [6, 6.07) is 13.5. The van der Waals surface area contributed by atoms with E-state index in [2.05, 4.69) is 17.1 Å². The third-order valence-corrected chi connectivity index (χ3v) is 4.32. The van der Waals surface area contributed by atoms with Gasteiger partial charge in [-0.15, -0.1) is 0 Å². The summed E-state index contributed by atoms with van der Waals surface area (Å²) in [6.45, 7) is 1.76. The largest absolute Gasteiger partial charge is 0.271 e. The SMILES string of the molecule is C[C@@]1(CCC#N)N=C(SCCC#N)N(c2ccccc2)C1=O. The van der Waals surface area contributed by atoms with Crippen LogP contribution in [0.5, 0.6) is 0 Å². The number of hydrogen-bond donors (Lipinski definition) is 0. The van der Waals surface area contributed by atoms with Crippen molar-refractivity contribution in [3.8, 4) is 12.1 Å². The molecule has 0 aromatic heterocycles. The fraction of sp³-hybridized carbons (Fsp3) is 0.375. The third-order valence-electron chi connectivity index (χ3n) is 3.38. The van der Waals surface area contributed by atoms with Crippen LogP contribution in [-0.4, -0.2) is 22.4 Å². The molecule has 1 atom stereocenters. The fourth-order valence-corrected chi connectivity index (χ4v) is 3.15. The molecule has 0 N–H and O–H groups in total. The van der Waals surface area contributed by atoms with Crippen LogP contribution in [0.1, 0.15) is 26.2 Å². The second-order valence-corrected chi connectivity index (χ2v) is 6.12. The molecule has 0 unspecified atom stereocenters. The molecule has 5 nitrogen and oxygen atoms in total. The predicted octanol–water partition coefficient (Wildman–Crippen LogP) is 3.10. The number of benzene rings is 1. The summed E-state index contributed by atoms with van der Waals surface area (Å²) in [5, 5.41) is 18.1. The van der Waals surface area contributed by atoms with Crippen LogP contribution < -0.4 is 4.90 Å². The molecule has 6 heteroatoms. The van der Waals surface area contributed by atoms with E-state index in [0.29, 0.717) is 23.8 Å². The van der Waals surface area contributed by atoms with Crippen LogP contribution in [0.3, 0.4) is 0 Å². The molecule has 0 saturated carbocycles. The molecule has 22 heavy (non-hydrogen) atoms. The maximum absolute atomic E-state index is 12.8.